The number of aryl methyl sites for hydroxylation is 1. The first-order valence-electron chi connectivity index (χ1n) is 23.3. The molecule has 0 aromatic heterocycles. The van der Waals surface area contributed by atoms with Crippen LogP contribution in [0.2, 0.25) is 18.1 Å². The summed E-state index contributed by atoms with van der Waals surface area (Å²) in [5.41, 5.74) is 7.65. The van der Waals surface area contributed by atoms with Gasteiger partial charge in [-0.3, -0.25) is 4.90 Å². The number of phenols is 1. The number of benzene rings is 5. The summed E-state index contributed by atoms with van der Waals surface area (Å²) in [5, 5.41) is 25.2. The van der Waals surface area contributed by atoms with Crippen molar-refractivity contribution in [1.29, 1.82) is 0 Å². The lowest BCUT2D eigenvalue weighted by atomic mass is 9.86. The Morgan fingerprint density at radius 1 is 0.698 bits per heavy atom. The van der Waals surface area contributed by atoms with Gasteiger partial charge in [0.2, 0.25) is 0 Å². The number of hydrogen-bond donors (Lipinski definition) is 3. The molecule has 5 aromatic carbocycles. The number of nitrogens with one attached hydrogen (secondary N) is 1. The molecule has 0 bridgehead atoms. The molecule has 0 aliphatic rings. The number of aliphatic hydroxyl groups is 1. The minimum Gasteiger partial charge on any atom is -0.508 e. The molecule has 63 heavy (non-hydrogen) atoms. The highest BCUT2D eigenvalue weighted by atomic mass is 28.4. The maximum atomic E-state index is 11.1. The molecule has 0 heterocycles. The first kappa shape index (κ1) is 49.6. The molecule has 2 atom stereocenters. The lowest BCUT2D eigenvalue weighted by Gasteiger charge is -2.39. The van der Waals surface area contributed by atoms with Crippen molar-refractivity contribution in [3.8, 4) is 17.2 Å². The molecule has 0 saturated carbocycles. The maximum absolute atomic E-state index is 11.1. The van der Waals surface area contributed by atoms with Crippen LogP contribution in [0.4, 0.5) is 0 Å². The number of phenolic OH excluding ortho intramolecular Hbond substituents is 1. The first-order chi connectivity index (χ1) is 30.1. The highest BCUT2D eigenvalue weighted by Crippen LogP contribution is 2.40. The van der Waals surface area contributed by atoms with Crippen molar-refractivity contribution in [3.63, 3.8) is 0 Å². The zero-order valence-electron chi connectivity index (χ0n) is 39.7. The van der Waals surface area contributed by atoms with E-state index >= 15 is 0 Å². The Morgan fingerprint density at radius 2 is 1.37 bits per heavy atom. The number of nitrogens with zero attached hydrogens (tertiary/aromatic N) is 1. The summed E-state index contributed by atoms with van der Waals surface area (Å²) in [6.07, 6.45) is 4.56. The van der Waals surface area contributed by atoms with Crippen LogP contribution in [-0.4, -0.2) is 61.8 Å². The molecular formula is C55H76N2O5Si. The normalized spacial score (nSPS) is 13.2. The van der Waals surface area contributed by atoms with Gasteiger partial charge in [0.1, 0.15) is 23.9 Å². The molecule has 0 aliphatic heterocycles. The van der Waals surface area contributed by atoms with Gasteiger partial charge in [-0.25, -0.2) is 0 Å². The van der Waals surface area contributed by atoms with Gasteiger partial charge in [-0.05, 0) is 149 Å². The maximum Gasteiger partial charge on any atom is 0.192 e. The van der Waals surface area contributed by atoms with Crippen LogP contribution in [0.25, 0.3) is 0 Å². The van der Waals surface area contributed by atoms with Gasteiger partial charge < -0.3 is 29.4 Å². The number of hydrogen-bond acceptors (Lipinski definition) is 7. The molecule has 8 heteroatoms. The van der Waals surface area contributed by atoms with Crippen LogP contribution in [0.5, 0.6) is 17.2 Å². The number of aromatic hydroxyl groups is 1. The van der Waals surface area contributed by atoms with E-state index in [1.807, 2.05) is 48.5 Å². The minimum atomic E-state index is -2.11. The van der Waals surface area contributed by atoms with Crippen LogP contribution in [0, 0.1) is 0 Å². The molecule has 3 N–H and O–H groups in total. The van der Waals surface area contributed by atoms with Gasteiger partial charge in [-0.15, -0.1) is 0 Å². The molecule has 0 fully saturated rings. The predicted octanol–water partition coefficient (Wildman–Crippen LogP) is 12.4. The molecule has 5 aromatic rings. The van der Waals surface area contributed by atoms with E-state index < -0.39 is 8.32 Å². The largest absolute Gasteiger partial charge is 0.508 e. The molecule has 0 amide bonds. The second-order valence-corrected chi connectivity index (χ2v) is 23.9. The molecule has 0 spiro atoms. The smallest absolute Gasteiger partial charge is 0.192 e. The van der Waals surface area contributed by atoms with E-state index in [0.29, 0.717) is 43.3 Å². The molecule has 0 saturated heterocycles. The average molecular weight is 873 g/mol. The number of aliphatic hydroxyl groups excluding tert-OH is 1. The lowest BCUT2D eigenvalue weighted by molar-refractivity contribution is 0.170. The Hall–Kier alpha value is -4.44. The van der Waals surface area contributed by atoms with Gasteiger partial charge in [0.15, 0.2) is 8.32 Å². The molecule has 7 nitrogen and oxygen atoms in total. The monoisotopic (exact) mass is 873 g/mol. The summed E-state index contributed by atoms with van der Waals surface area (Å²) in [6.45, 7) is 23.9. The van der Waals surface area contributed by atoms with Crippen LogP contribution in [0.3, 0.4) is 0 Å². The number of ether oxygens (including phenoxy) is 2. The van der Waals surface area contributed by atoms with E-state index in [1.165, 1.54) is 16.7 Å². The summed E-state index contributed by atoms with van der Waals surface area (Å²) >= 11 is 0. The highest BCUT2D eigenvalue weighted by molar-refractivity contribution is 6.74. The van der Waals surface area contributed by atoms with Crippen molar-refractivity contribution in [1.82, 2.24) is 10.2 Å². The van der Waals surface area contributed by atoms with E-state index in [9.17, 15) is 10.2 Å². The molecule has 0 radical (unpaired) electrons. The molecular weight excluding hydrogens is 797 g/mol. The van der Waals surface area contributed by atoms with Crippen molar-refractivity contribution in [2.24, 2.45) is 0 Å². The van der Waals surface area contributed by atoms with Gasteiger partial charge in [-0.2, -0.15) is 0 Å². The first-order valence-corrected chi connectivity index (χ1v) is 26.2. The second kappa shape index (κ2) is 24.0. The third-order valence-corrected chi connectivity index (χ3v) is 17.2. The zero-order valence-corrected chi connectivity index (χ0v) is 40.7. The fraction of sp³-hybridized carbons (Fsp3) is 0.455. The SMILES string of the molecule is CC(C)N(CC[C@H](c1ccccc1)c1cc(CCCCOc2ccc(CCNC[C@@H](O[Si](C)(C)C(C)(C)C)c3ccc(OCc4ccccc4)c(CO)c3)cc2)ccc1O)C(C)C. The van der Waals surface area contributed by atoms with Gasteiger partial charge in [-0.1, -0.05) is 112 Å². The number of rotatable bonds is 25. The molecule has 5 rings (SSSR count). The molecule has 340 valence electrons. The fourth-order valence-corrected chi connectivity index (χ4v) is 9.30. The Bertz CT molecular complexity index is 2070. The Morgan fingerprint density at radius 3 is 2.02 bits per heavy atom. The third kappa shape index (κ3) is 15.1. The van der Waals surface area contributed by atoms with Crippen LogP contribution in [0.1, 0.15) is 119 Å². The minimum absolute atomic E-state index is 0.0560. The van der Waals surface area contributed by atoms with E-state index in [0.717, 1.165) is 73.2 Å². The Kier molecular flexibility index (Phi) is 18.9. The topological polar surface area (TPSA) is 83.4 Å². The van der Waals surface area contributed by atoms with E-state index in [1.54, 1.807) is 0 Å². The summed E-state index contributed by atoms with van der Waals surface area (Å²) < 4.78 is 19.3. The van der Waals surface area contributed by atoms with Gasteiger partial charge in [0, 0.05) is 35.7 Å². The third-order valence-electron chi connectivity index (χ3n) is 12.8. The fourth-order valence-electron chi connectivity index (χ4n) is 8.02. The van der Waals surface area contributed by atoms with Crippen LogP contribution in [0.15, 0.2) is 121 Å². The van der Waals surface area contributed by atoms with E-state index in [-0.39, 0.29) is 23.7 Å². The van der Waals surface area contributed by atoms with Crippen molar-refractivity contribution in [2.45, 2.75) is 136 Å². The molecule has 0 aliphatic carbocycles. The van der Waals surface area contributed by atoms with Crippen molar-refractivity contribution >= 4 is 8.32 Å². The molecule has 0 unspecified atom stereocenters. The van der Waals surface area contributed by atoms with Crippen LogP contribution < -0.4 is 14.8 Å². The van der Waals surface area contributed by atoms with E-state index in [4.69, 9.17) is 13.9 Å². The van der Waals surface area contributed by atoms with Crippen LogP contribution in [-0.2, 0) is 30.5 Å². The average Bonchev–Trinajstić information content (AvgIpc) is 3.26. The predicted molar refractivity (Wildman–Crippen MR) is 264 cm³/mol. The Labute approximate surface area is 381 Å². The van der Waals surface area contributed by atoms with Crippen LogP contribution >= 0.6 is 0 Å². The Balaban J connectivity index is 1.10. The highest BCUT2D eigenvalue weighted by Gasteiger charge is 2.39. The standard InChI is InChI=1S/C55H76N2O5Si/c1-41(2)57(42(3)4)34-32-50(46-21-14-11-15-22-46)51-36-44(25-29-52(51)59)18-16-17-35-60-49-27-23-43(24-28-49)31-33-56-38-54(62-63(8,9)55(5,6)7)47-26-30-53(48(37-47)39-58)61-40-45-19-12-10-13-20-45/h10-15,19-30,36-37,41-42,50,54,56,58-59H,16-18,31-35,38-40H2,1-9H3/t50-,54-/m1/s1. The lowest BCUT2D eigenvalue weighted by Crippen LogP contribution is -2.43. The van der Waals surface area contributed by atoms with Crippen molar-refractivity contribution in [2.75, 3.05) is 26.2 Å². The van der Waals surface area contributed by atoms with Crippen molar-refractivity contribution in [3.05, 3.63) is 160 Å². The van der Waals surface area contributed by atoms with Gasteiger partial charge in [0.05, 0.1) is 19.3 Å². The zero-order chi connectivity index (χ0) is 45.4. The van der Waals surface area contributed by atoms with E-state index in [2.05, 4.69) is 145 Å². The van der Waals surface area contributed by atoms with Gasteiger partial charge in [0.25, 0.3) is 0 Å². The summed E-state index contributed by atoms with van der Waals surface area (Å²) in [7, 11) is -2.11. The van der Waals surface area contributed by atoms with Crippen molar-refractivity contribution < 1.29 is 24.1 Å². The summed E-state index contributed by atoms with van der Waals surface area (Å²) in [4.78, 5) is 2.53. The number of unbranched alkanes of at least 4 members (excludes halogenated alkanes) is 1. The second-order valence-electron chi connectivity index (χ2n) is 19.1. The quantitative estimate of drug-likeness (QED) is 0.0398. The summed E-state index contributed by atoms with van der Waals surface area (Å²) in [6, 6.07) is 42.4. The summed E-state index contributed by atoms with van der Waals surface area (Å²) in [5.74, 6) is 2.08. The van der Waals surface area contributed by atoms with Gasteiger partial charge >= 0.3 is 0 Å².